The lowest BCUT2D eigenvalue weighted by atomic mass is 10.2. The van der Waals surface area contributed by atoms with E-state index in [4.69, 9.17) is 0 Å². The molecule has 0 aliphatic rings. The van der Waals surface area contributed by atoms with Gasteiger partial charge < -0.3 is 5.32 Å². The van der Waals surface area contributed by atoms with Gasteiger partial charge in [0.1, 0.15) is 10.0 Å². The van der Waals surface area contributed by atoms with Gasteiger partial charge in [-0.25, -0.2) is 0 Å². The molecule has 0 aliphatic carbocycles. The molecule has 0 bridgehead atoms. The molecule has 0 aromatic carbocycles. The summed E-state index contributed by atoms with van der Waals surface area (Å²) in [5, 5.41) is 16.7. The summed E-state index contributed by atoms with van der Waals surface area (Å²) in [6, 6.07) is 4.70. The number of thiophene rings is 1. The summed E-state index contributed by atoms with van der Waals surface area (Å²) < 4.78 is 0. The monoisotopic (exact) mass is 309 g/mol. The molecule has 1 N–H and O–H groups in total. The van der Waals surface area contributed by atoms with E-state index in [9.17, 15) is 0 Å². The Labute approximate surface area is 129 Å². The van der Waals surface area contributed by atoms with E-state index < -0.39 is 0 Å². The lowest BCUT2D eigenvalue weighted by Gasteiger charge is -2.12. The first-order valence-electron chi connectivity index (χ1n) is 7.41. The van der Waals surface area contributed by atoms with Crippen molar-refractivity contribution in [2.45, 2.75) is 52.0 Å². The van der Waals surface area contributed by atoms with Crippen molar-refractivity contribution in [2.24, 2.45) is 0 Å². The quantitative estimate of drug-likeness (QED) is 0.753. The minimum absolute atomic E-state index is 0.374. The summed E-state index contributed by atoms with van der Waals surface area (Å²) in [5.41, 5.74) is 0. The maximum absolute atomic E-state index is 4.36. The first-order valence-corrected chi connectivity index (χ1v) is 9.11. The van der Waals surface area contributed by atoms with Gasteiger partial charge in [0.05, 0.1) is 6.04 Å². The Morgan fingerprint density at radius 3 is 2.85 bits per heavy atom. The highest BCUT2D eigenvalue weighted by atomic mass is 32.1. The summed E-state index contributed by atoms with van der Waals surface area (Å²) in [6.45, 7) is 5.44. The van der Waals surface area contributed by atoms with E-state index in [1.807, 2.05) is 11.3 Å². The zero-order valence-corrected chi connectivity index (χ0v) is 13.9. The molecule has 0 saturated heterocycles. The molecule has 5 heteroatoms. The largest absolute Gasteiger partial charge is 0.308 e. The van der Waals surface area contributed by atoms with E-state index in [2.05, 4.69) is 46.9 Å². The van der Waals surface area contributed by atoms with Crippen LogP contribution in [-0.2, 0) is 12.8 Å². The molecular weight excluding hydrogens is 286 g/mol. The van der Waals surface area contributed by atoms with Gasteiger partial charge in [0.25, 0.3) is 0 Å². The number of aromatic nitrogens is 2. The summed E-state index contributed by atoms with van der Waals surface area (Å²) in [7, 11) is 0. The van der Waals surface area contributed by atoms with Gasteiger partial charge in [-0.3, -0.25) is 0 Å². The average Bonchev–Trinajstić information content (AvgIpc) is 3.12. The first-order chi connectivity index (χ1) is 9.83. The molecule has 1 atom stereocenters. The Kier molecular flexibility index (Phi) is 6.63. The van der Waals surface area contributed by atoms with E-state index in [1.54, 1.807) is 11.3 Å². The lowest BCUT2D eigenvalue weighted by Crippen LogP contribution is -2.21. The molecule has 2 rings (SSSR count). The second kappa shape index (κ2) is 8.49. The fourth-order valence-electron chi connectivity index (χ4n) is 2.10. The SMILES string of the molecule is CCCNC(CC)c1nnc(CCCc2cccs2)s1. The Hall–Kier alpha value is -0.780. The Bertz CT molecular complexity index is 479. The molecule has 1 unspecified atom stereocenters. The molecule has 0 amide bonds. The van der Waals surface area contributed by atoms with Gasteiger partial charge in [-0.2, -0.15) is 0 Å². The van der Waals surface area contributed by atoms with E-state index >= 15 is 0 Å². The van der Waals surface area contributed by atoms with Crippen LogP contribution in [0.2, 0.25) is 0 Å². The molecule has 0 aliphatic heterocycles. The molecule has 2 aromatic rings. The van der Waals surface area contributed by atoms with Crippen molar-refractivity contribution in [3.05, 3.63) is 32.4 Å². The fourth-order valence-corrected chi connectivity index (χ4v) is 3.90. The minimum Gasteiger partial charge on any atom is -0.308 e. The summed E-state index contributed by atoms with van der Waals surface area (Å²) in [5.74, 6) is 0. The smallest absolute Gasteiger partial charge is 0.134 e. The number of hydrogen-bond donors (Lipinski definition) is 1. The van der Waals surface area contributed by atoms with Crippen LogP contribution in [0.3, 0.4) is 0 Å². The van der Waals surface area contributed by atoms with Crippen LogP contribution in [0.15, 0.2) is 17.5 Å². The van der Waals surface area contributed by atoms with Crippen LogP contribution < -0.4 is 5.32 Å². The van der Waals surface area contributed by atoms with Crippen molar-refractivity contribution in [2.75, 3.05) is 6.54 Å². The molecule has 20 heavy (non-hydrogen) atoms. The highest BCUT2D eigenvalue weighted by molar-refractivity contribution is 7.11. The van der Waals surface area contributed by atoms with Crippen LogP contribution in [0, 0.1) is 0 Å². The third-order valence-electron chi connectivity index (χ3n) is 3.22. The van der Waals surface area contributed by atoms with Gasteiger partial charge in [-0.05, 0) is 43.7 Å². The van der Waals surface area contributed by atoms with Crippen molar-refractivity contribution in [1.29, 1.82) is 0 Å². The highest BCUT2D eigenvalue weighted by Crippen LogP contribution is 2.22. The number of nitrogens with one attached hydrogen (secondary N) is 1. The summed E-state index contributed by atoms with van der Waals surface area (Å²) >= 11 is 3.61. The molecule has 0 radical (unpaired) electrons. The second-order valence-corrected chi connectivity index (χ2v) is 7.01. The van der Waals surface area contributed by atoms with Crippen molar-refractivity contribution in [1.82, 2.24) is 15.5 Å². The van der Waals surface area contributed by atoms with Crippen LogP contribution >= 0.6 is 22.7 Å². The summed E-state index contributed by atoms with van der Waals surface area (Å²) in [4.78, 5) is 1.46. The van der Waals surface area contributed by atoms with E-state index in [0.717, 1.165) is 43.7 Å². The molecule has 2 aromatic heterocycles. The predicted octanol–water partition coefficient (Wildman–Crippen LogP) is 4.23. The second-order valence-electron chi connectivity index (χ2n) is 4.88. The van der Waals surface area contributed by atoms with E-state index in [-0.39, 0.29) is 0 Å². The van der Waals surface area contributed by atoms with Crippen molar-refractivity contribution in [3.8, 4) is 0 Å². The molecule has 110 valence electrons. The number of aryl methyl sites for hydroxylation is 2. The van der Waals surface area contributed by atoms with Crippen LogP contribution in [0.25, 0.3) is 0 Å². The zero-order chi connectivity index (χ0) is 14.2. The highest BCUT2D eigenvalue weighted by Gasteiger charge is 2.13. The third-order valence-corrected chi connectivity index (χ3v) is 5.26. The molecular formula is C15H23N3S2. The van der Waals surface area contributed by atoms with Crippen molar-refractivity contribution in [3.63, 3.8) is 0 Å². The summed E-state index contributed by atoms with van der Waals surface area (Å²) in [6.07, 6.45) is 5.58. The number of nitrogens with zero attached hydrogens (tertiary/aromatic N) is 2. The fraction of sp³-hybridized carbons (Fsp3) is 0.600. The van der Waals surface area contributed by atoms with Gasteiger partial charge >= 0.3 is 0 Å². The first kappa shape index (κ1) is 15.6. The maximum atomic E-state index is 4.36. The zero-order valence-electron chi connectivity index (χ0n) is 12.3. The molecule has 0 fully saturated rings. The maximum Gasteiger partial charge on any atom is 0.134 e. The van der Waals surface area contributed by atoms with Crippen molar-refractivity contribution < 1.29 is 0 Å². The standard InChI is InChI=1S/C15H23N3S2/c1-3-10-16-13(4-2)15-18-17-14(20-15)9-5-7-12-8-6-11-19-12/h6,8,11,13,16H,3-5,7,9-10H2,1-2H3. The van der Waals surface area contributed by atoms with Gasteiger partial charge in [-0.15, -0.1) is 21.5 Å². The van der Waals surface area contributed by atoms with Crippen LogP contribution in [0.1, 0.15) is 54.0 Å². The number of rotatable bonds is 9. The van der Waals surface area contributed by atoms with Crippen molar-refractivity contribution >= 4 is 22.7 Å². The minimum atomic E-state index is 0.374. The lowest BCUT2D eigenvalue weighted by molar-refractivity contribution is 0.512. The molecule has 0 saturated carbocycles. The predicted molar refractivity (Wildman–Crippen MR) is 87.6 cm³/mol. The Balaban J connectivity index is 1.81. The van der Waals surface area contributed by atoms with Gasteiger partial charge in [-0.1, -0.05) is 31.3 Å². The van der Waals surface area contributed by atoms with Crippen LogP contribution in [0.4, 0.5) is 0 Å². The molecule has 0 spiro atoms. The average molecular weight is 310 g/mol. The van der Waals surface area contributed by atoms with Crippen LogP contribution in [0.5, 0.6) is 0 Å². The third kappa shape index (κ3) is 4.65. The Morgan fingerprint density at radius 1 is 1.25 bits per heavy atom. The number of hydrogen-bond acceptors (Lipinski definition) is 5. The van der Waals surface area contributed by atoms with E-state index in [1.165, 1.54) is 9.88 Å². The normalized spacial score (nSPS) is 12.7. The van der Waals surface area contributed by atoms with Gasteiger partial charge in [0.2, 0.25) is 0 Å². The van der Waals surface area contributed by atoms with Gasteiger partial charge in [0.15, 0.2) is 0 Å². The van der Waals surface area contributed by atoms with Gasteiger partial charge in [0, 0.05) is 11.3 Å². The molecule has 2 heterocycles. The molecule has 3 nitrogen and oxygen atoms in total. The topological polar surface area (TPSA) is 37.8 Å². The Morgan fingerprint density at radius 2 is 2.15 bits per heavy atom. The van der Waals surface area contributed by atoms with Crippen LogP contribution in [-0.4, -0.2) is 16.7 Å². The van der Waals surface area contributed by atoms with E-state index in [0.29, 0.717) is 6.04 Å².